The van der Waals surface area contributed by atoms with Crippen molar-refractivity contribution in [2.24, 2.45) is 0 Å². The van der Waals surface area contributed by atoms with E-state index in [0.717, 1.165) is 12.1 Å². The highest BCUT2D eigenvalue weighted by Gasteiger charge is 1.81. The fourth-order valence-corrected chi connectivity index (χ4v) is 1.06. The highest BCUT2D eigenvalue weighted by Crippen LogP contribution is 1.93. The Morgan fingerprint density at radius 2 is 1.58 bits per heavy atom. The van der Waals surface area contributed by atoms with Crippen LogP contribution in [0.4, 0.5) is 0 Å². The van der Waals surface area contributed by atoms with Crippen LogP contribution < -0.4 is 0 Å². The second-order valence-corrected chi connectivity index (χ2v) is 3.19. The van der Waals surface area contributed by atoms with E-state index in [9.17, 15) is 0 Å². The molecule has 0 fully saturated rings. The molecule has 19 heavy (non-hydrogen) atoms. The van der Waals surface area contributed by atoms with E-state index in [-0.39, 0.29) is 0 Å². The Morgan fingerprint density at radius 3 is 1.84 bits per heavy atom. The van der Waals surface area contributed by atoms with Crippen LogP contribution in [0.15, 0.2) is 48.9 Å². The van der Waals surface area contributed by atoms with Crippen molar-refractivity contribution in [3.05, 3.63) is 60.2 Å². The first-order valence-electron chi connectivity index (χ1n) is 7.09. The van der Waals surface area contributed by atoms with Crippen molar-refractivity contribution in [2.75, 3.05) is 0 Å². The molecule has 0 atom stereocenters. The van der Waals surface area contributed by atoms with E-state index in [2.05, 4.69) is 23.0 Å². The van der Waals surface area contributed by atoms with Gasteiger partial charge in [-0.1, -0.05) is 46.8 Å². The van der Waals surface area contributed by atoms with E-state index in [4.69, 9.17) is 0 Å². The van der Waals surface area contributed by atoms with Crippen LogP contribution in [0, 0.1) is 6.92 Å². The predicted molar refractivity (Wildman–Crippen MR) is 85.3 cm³/mol. The molecule has 0 aliphatic carbocycles. The summed E-state index contributed by atoms with van der Waals surface area (Å²) in [4.78, 5) is 7.93. The van der Waals surface area contributed by atoms with Crippen LogP contribution in [0.1, 0.15) is 45.9 Å². The highest BCUT2D eigenvalue weighted by molar-refractivity contribution is 5.07. The van der Waals surface area contributed by atoms with Gasteiger partial charge in [0.05, 0.1) is 0 Å². The third kappa shape index (κ3) is 12.5. The Labute approximate surface area is 118 Å². The van der Waals surface area contributed by atoms with Crippen LogP contribution in [0.25, 0.3) is 0 Å². The molecule has 0 saturated carbocycles. The third-order valence-corrected chi connectivity index (χ3v) is 1.94. The van der Waals surface area contributed by atoms with Gasteiger partial charge in [0.1, 0.15) is 0 Å². The van der Waals surface area contributed by atoms with Crippen LogP contribution in [-0.2, 0) is 6.42 Å². The van der Waals surface area contributed by atoms with Crippen molar-refractivity contribution in [3.63, 3.8) is 0 Å². The number of aromatic nitrogens is 2. The quantitative estimate of drug-likeness (QED) is 0.714. The largest absolute Gasteiger partial charge is 0.264 e. The van der Waals surface area contributed by atoms with Gasteiger partial charge >= 0.3 is 0 Å². The monoisotopic (exact) mass is 260 g/mol. The molecule has 0 unspecified atom stereocenters. The second-order valence-electron chi connectivity index (χ2n) is 3.19. The standard InChI is InChI=1S/C7H9N.C6H7N.2C2H6/c1-2-7-4-3-5-8-6-7;1-6-4-2-3-5-7-6;2*1-2/h3-6H,2H2,1H3;2-5H,1H3;2*1-2H3. The normalized spacial score (nSPS) is 7.68. The Kier molecular flexibility index (Phi) is 16.8. The number of pyridine rings is 2. The first-order chi connectivity index (χ1) is 9.33. The summed E-state index contributed by atoms with van der Waals surface area (Å²) in [6.45, 7) is 12.1. The molecule has 106 valence electrons. The van der Waals surface area contributed by atoms with Crippen molar-refractivity contribution >= 4 is 0 Å². The van der Waals surface area contributed by atoms with Crippen molar-refractivity contribution in [2.45, 2.75) is 48.0 Å². The summed E-state index contributed by atoms with van der Waals surface area (Å²) in [5, 5.41) is 0. The average molecular weight is 260 g/mol. The molecular formula is C17H28N2. The number of nitrogens with zero attached hydrogens (tertiary/aromatic N) is 2. The number of rotatable bonds is 1. The summed E-state index contributed by atoms with van der Waals surface area (Å²) in [5.74, 6) is 0. The minimum absolute atomic E-state index is 1.07. The Hall–Kier alpha value is -1.70. The summed E-state index contributed by atoms with van der Waals surface area (Å²) in [7, 11) is 0. The molecule has 2 nitrogen and oxygen atoms in total. The zero-order valence-electron chi connectivity index (χ0n) is 13.2. The van der Waals surface area contributed by atoms with E-state index < -0.39 is 0 Å². The van der Waals surface area contributed by atoms with Crippen molar-refractivity contribution < 1.29 is 0 Å². The van der Waals surface area contributed by atoms with Gasteiger partial charge in [-0.2, -0.15) is 0 Å². The first kappa shape index (κ1) is 19.6. The Bertz CT molecular complexity index is 358. The molecule has 2 heteroatoms. The van der Waals surface area contributed by atoms with Crippen molar-refractivity contribution in [1.29, 1.82) is 0 Å². The minimum Gasteiger partial charge on any atom is -0.264 e. The third-order valence-electron chi connectivity index (χ3n) is 1.94. The van der Waals surface area contributed by atoms with Gasteiger partial charge in [0.25, 0.3) is 0 Å². The molecule has 0 N–H and O–H groups in total. The van der Waals surface area contributed by atoms with Gasteiger partial charge in [-0.15, -0.1) is 0 Å². The summed E-state index contributed by atoms with van der Waals surface area (Å²) in [5.41, 5.74) is 2.37. The zero-order valence-corrected chi connectivity index (χ0v) is 13.2. The van der Waals surface area contributed by atoms with E-state index in [0.29, 0.717) is 0 Å². The molecule has 0 aliphatic heterocycles. The van der Waals surface area contributed by atoms with Gasteiger partial charge in [0, 0.05) is 24.3 Å². The molecule has 0 aromatic carbocycles. The molecule has 0 bridgehead atoms. The summed E-state index contributed by atoms with van der Waals surface area (Å²) in [6.07, 6.45) is 6.54. The van der Waals surface area contributed by atoms with E-state index >= 15 is 0 Å². The molecular weight excluding hydrogens is 232 g/mol. The molecule has 2 aromatic rings. The fraction of sp³-hybridized carbons (Fsp3) is 0.412. The van der Waals surface area contributed by atoms with Crippen LogP contribution in [0.3, 0.4) is 0 Å². The lowest BCUT2D eigenvalue weighted by Gasteiger charge is -1.88. The van der Waals surface area contributed by atoms with E-state index in [1.54, 1.807) is 12.4 Å². The van der Waals surface area contributed by atoms with Crippen LogP contribution in [0.5, 0.6) is 0 Å². The molecule has 0 radical (unpaired) electrons. The molecule has 2 heterocycles. The SMILES string of the molecule is CC.CC.CCc1cccnc1.Cc1ccccn1. The predicted octanol–water partition coefficient (Wildman–Crippen LogP) is 5.09. The fourth-order valence-electron chi connectivity index (χ4n) is 1.06. The van der Waals surface area contributed by atoms with Gasteiger partial charge in [-0.05, 0) is 37.1 Å². The van der Waals surface area contributed by atoms with Crippen LogP contribution >= 0.6 is 0 Å². The van der Waals surface area contributed by atoms with Gasteiger partial charge < -0.3 is 0 Å². The molecule has 0 aliphatic rings. The van der Waals surface area contributed by atoms with Gasteiger partial charge in [0.15, 0.2) is 0 Å². The summed E-state index contributed by atoms with van der Waals surface area (Å²) in [6, 6.07) is 9.89. The first-order valence-corrected chi connectivity index (χ1v) is 7.09. The molecule has 0 saturated heterocycles. The van der Waals surface area contributed by atoms with Crippen LogP contribution in [-0.4, -0.2) is 9.97 Å². The summed E-state index contributed by atoms with van der Waals surface area (Å²) >= 11 is 0. The minimum atomic E-state index is 1.07. The van der Waals surface area contributed by atoms with Gasteiger partial charge in [-0.25, -0.2) is 0 Å². The lowest BCUT2D eigenvalue weighted by molar-refractivity contribution is 1.10. The lowest BCUT2D eigenvalue weighted by atomic mass is 10.2. The van der Waals surface area contributed by atoms with Gasteiger partial charge in [0.2, 0.25) is 0 Å². The molecule has 2 rings (SSSR count). The maximum Gasteiger partial charge on any atom is 0.0372 e. The number of aryl methyl sites for hydroxylation is 2. The highest BCUT2D eigenvalue weighted by atomic mass is 14.6. The van der Waals surface area contributed by atoms with Crippen molar-refractivity contribution in [3.8, 4) is 0 Å². The number of hydrogen-bond donors (Lipinski definition) is 0. The molecule has 0 amide bonds. The summed E-state index contributed by atoms with van der Waals surface area (Å²) < 4.78 is 0. The topological polar surface area (TPSA) is 25.8 Å². The average Bonchev–Trinajstić information content (AvgIpc) is 2.53. The zero-order chi connectivity index (χ0) is 14.9. The lowest BCUT2D eigenvalue weighted by Crippen LogP contribution is -1.77. The molecule has 2 aromatic heterocycles. The maximum atomic E-state index is 3.98. The molecule has 0 spiro atoms. The van der Waals surface area contributed by atoms with Crippen LogP contribution in [0.2, 0.25) is 0 Å². The Balaban J connectivity index is 0. The number of hydrogen-bond acceptors (Lipinski definition) is 2. The Morgan fingerprint density at radius 1 is 0.895 bits per heavy atom. The second kappa shape index (κ2) is 16.3. The van der Waals surface area contributed by atoms with E-state index in [1.165, 1.54) is 5.56 Å². The smallest absolute Gasteiger partial charge is 0.0372 e. The van der Waals surface area contributed by atoms with Gasteiger partial charge in [-0.3, -0.25) is 9.97 Å². The maximum absolute atomic E-state index is 3.98. The van der Waals surface area contributed by atoms with Crippen molar-refractivity contribution in [1.82, 2.24) is 9.97 Å². The van der Waals surface area contributed by atoms with E-state index in [1.807, 2.05) is 65.1 Å².